The fourth-order valence-electron chi connectivity index (χ4n) is 3.06. The Balaban J connectivity index is 0.00000280. The number of nitrogens with zero attached hydrogens (tertiary/aromatic N) is 1. The Labute approximate surface area is 182 Å². The van der Waals surface area contributed by atoms with Crippen molar-refractivity contribution in [3.8, 4) is 11.5 Å². The monoisotopic (exact) mass is 499 g/mol. The molecule has 2 N–H and O–H groups in total. The first-order chi connectivity index (χ1) is 13.2. The number of ether oxygens (including phenoxy) is 2. The van der Waals surface area contributed by atoms with Crippen molar-refractivity contribution < 1.29 is 13.9 Å². The predicted octanol–water partition coefficient (Wildman–Crippen LogP) is 4.42. The third-order valence-corrected chi connectivity index (χ3v) is 4.33. The molecule has 1 aliphatic heterocycles. The van der Waals surface area contributed by atoms with Gasteiger partial charge in [0.25, 0.3) is 0 Å². The number of benzene rings is 2. The Morgan fingerprint density at radius 2 is 2.07 bits per heavy atom. The summed E-state index contributed by atoms with van der Waals surface area (Å²) >= 11 is 0. The van der Waals surface area contributed by atoms with Crippen molar-refractivity contribution in [1.82, 2.24) is 10.6 Å². The van der Waals surface area contributed by atoms with Crippen LogP contribution in [0.25, 0.3) is 0 Å². The molecule has 0 saturated heterocycles. The maximum Gasteiger partial charge on any atom is 0.192 e. The highest BCUT2D eigenvalue weighted by Gasteiger charge is 2.21. The normalized spacial score (nSPS) is 15.7. The summed E-state index contributed by atoms with van der Waals surface area (Å²) in [4.78, 5) is 4.61. The van der Waals surface area contributed by atoms with Crippen LogP contribution in [0.15, 0.2) is 47.5 Å². The van der Waals surface area contributed by atoms with Crippen molar-refractivity contribution in [1.29, 1.82) is 0 Å². The number of hydrogen-bond acceptors (Lipinski definition) is 3. The first-order valence-electron chi connectivity index (χ1n) is 9.39. The van der Waals surface area contributed by atoms with Gasteiger partial charge in [0.05, 0.1) is 25.8 Å². The Kier molecular flexibility index (Phi) is 8.82. The quantitative estimate of drug-likeness (QED) is 0.351. The van der Waals surface area contributed by atoms with Crippen LogP contribution in [0.3, 0.4) is 0 Å². The number of para-hydroxylation sites is 1. The molecule has 0 amide bonds. The van der Waals surface area contributed by atoms with E-state index < -0.39 is 0 Å². The summed E-state index contributed by atoms with van der Waals surface area (Å²) in [6, 6.07) is 13.1. The highest BCUT2D eigenvalue weighted by Crippen LogP contribution is 2.31. The largest absolute Gasteiger partial charge is 0.493 e. The molecule has 0 saturated carbocycles. The van der Waals surface area contributed by atoms with Crippen LogP contribution in [-0.2, 0) is 6.54 Å². The molecule has 0 bridgehead atoms. The van der Waals surface area contributed by atoms with E-state index in [1.807, 2.05) is 38.1 Å². The lowest BCUT2D eigenvalue weighted by Gasteiger charge is -2.28. The van der Waals surface area contributed by atoms with E-state index in [4.69, 9.17) is 9.47 Å². The summed E-state index contributed by atoms with van der Waals surface area (Å²) in [5.41, 5.74) is 1.92. The molecular formula is C21H27FIN3O2. The van der Waals surface area contributed by atoms with Crippen LogP contribution in [0, 0.1) is 5.82 Å². The Hall–Kier alpha value is -2.03. The van der Waals surface area contributed by atoms with Gasteiger partial charge in [-0.15, -0.1) is 24.0 Å². The van der Waals surface area contributed by atoms with E-state index in [1.54, 1.807) is 6.07 Å². The lowest BCUT2D eigenvalue weighted by molar-refractivity contribution is 0.261. The van der Waals surface area contributed by atoms with E-state index in [9.17, 15) is 4.39 Å². The van der Waals surface area contributed by atoms with Gasteiger partial charge in [-0.05, 0) is 37.6 Å². The summed E-state index contributed by atoms with van der Waals surface area (Å²) in [5.74, 6) is 1.52. The van der Waals surface area contributed by atoms with Crippen LogP contribution in [0.1, 0.15) is 37.4 Å². The molecule has 3 rings (SSSR count). The molecule has 28 heavy (non-hydrogen) atoms. The molecule has 2 aromatic rings. The molecular weight excluding hydrogens is 472 g/mol. The van der Waals surface area contributed by atoms with Crippen LogP contribution < -0.4 is 20.1 Å². The lowest BCUT2D eigenvalue weighted by Crippen LogP contribution is -2.41. The molecule has 152 valence electrons. The van der Waals surface area contributed by atoms with Gasteiger partial charge in [-0.25, -0.2) is 9.38 Å². The SMILES string of the molecule is CCNC(=NCc1ccc(OCC)c(F)c1)NC1CCOc2ccccc21.I. The minimum absolute atomic E-state index is 0. The van der Waals surface area contributed by atoms with Gasteiger partial charge in [-0.1, -0.05) is 24.3 Å². The smallest absolute Gasteiger partial charge is 0.192 e. The van der Waals surface area contributed by atoms with Gasteiger partial charge in [-0.3, -0.25) is 0 Å². The second kappa shape index (κ2) is 11.1. The Bertz CT molecular complexity index is 801. The molecule has 0 fully saturated rings. The molecule has 0 spiro atoms. The van der Waals surface area contributed by atoms with Gasteiger partial charge in [0, 0.05) is 18.5 Å². The molecule has 1 unspecified atom stereocenters. The number of guanidine groups is 1. The molecule has 0 aliphatic carbocycles. The molecule has 0 aromatic heterocycles. The summed E-state index contributed by atoms with van der Waals surface area (Å²) in [6.45, 7) is 6.08. The fourth-order valence-corrected chi connectivity index (χ4v) is 3.06. The zero-order chi connectivity index (χ0) is 19.1. The number of nitrogens with one attached hydrogen (secondary N) is 2. The lowest BCUT2D eigenvalue weighted by atomic mass is 10.0. The minimum atomic E-state index is -0.360. The van der Waals surface area contributed by atoms with E-state index in [0.717, 1.165) is 29.8 Å². The van der Waals surface area contributed by atoms with Gasteiger partial charge in [0.2, 0.25) is 0 Å². The van der Waals surface area contributed by atoms with Crippen LogP contribution >= 0.6 is 24.0 Å². The van der Waals surface area contributed by atoms with Crippen molar-refractivity contribution in [3.05, 3.63) is 59.4 Å². The fraction of sp³-hybridized carbons (Fsp3) is 0.381. The molecule has 1 aliphatic rings. The van der Waals surface area contributed by atoms with E-state index in [1.165, 1.54) is 6.07 Å². The summed E-state index contributed by atoms with van der Waals surface area (Å²) < 4.78 is 25.0. The van der Waals surface area contributed by atoms with Crippen LogP contribution in [0.2, 0.25) is 0 Å². The maximum atomic E-state index is 14.0. The number of halogens is 2. The molecule has 1 atom stereocenters. The van der Waals surface area contributed by atoms with Crippen LogP contribution in [0.5, 0.6) is 11.5 Å². The third kappa shape index (κ3) is 5.73. The maximum absolute atomic E-state index is 14.0. The number of rotatable bonds is 6. The van der Waals surface area contributed by atoms with Gasteiger partial charge in [0.15, 0.2) is 17.5 Å². The zero-order valence-electron chi connectivity index (χ0n) is 16.2. The second-order valence-corrected chi connectivity index (χ2v) is 6.26. The van der Waals surface area contributed by atoms with Crippen molar-refractivity contribution in [3.63, 3.8) is 0 Å². The third-order valence-electron chi connectivity index (χ3n) is 4.33. The second-order valence-electron chi connectivity index (χ2n) is 6.26. The summed E-state index contributed by atoms with van der Waals surface area (Å²) in [6.07, 6.45) is 0.860. The topological polar surface area (TPSA) is 54.9 Å². The van der Waals surface area contributed by atoms with E-state index >= 15 is 0 Å². The van der Waals surface area contributed by atoms with E-state index in [2.05, 4.69) is 21.7 Å². The number of aliphatic imine (C=N–C) groups is 1. The van der Waals surface area contributed by atoms with Gasteiger partial charge in [-0.2, -0.15) is 0 Å². The highest BCUT2D eigenvalue weighted by atomic mass is 127. The number of hydrogen-bond donors (Lipinski definition) is 2. The first-order valence-corrected chi connectivity index (χ1v) is 9.39. The molecule has 2 aromatic carbocycles. The molecule has 0 radical (unpaired) electrons. The standard InChI is InChI=1S/C21H26FN3O2.HI/c1-3-23-21(24-14-15-9-10-20(26-4-2)17(22)13-15)25-18-11-12-27-19-8-6-5-7-16(18)19;/h5-10,13,18H,3-4,11-12,14H2,1-2H3,(H2,23,24,25);1H. The van der Waals surface area contributed by atoms with E-state index in [0.29, 0.717) is 25.7 Å². The van der Waals surface area contributed by atoms with Gasteiger partial charge >= 0.3 is 0 Å². The number of fused-ring (bicyclic) bond motifs is 1. The van der Waals surface area contributed by atoms with Crippen molar-refractivity contribution in [2.24, 2.45) is 4.99 Å². The van der Waals surface area contributed by atoms with Crippen molar-refractivity contribution in [2.75, 3.05) is 19.8 Å². The Morgan fingerprint density at radius 1 is 1.25 bits per heavy atom. The van der Waals surface area contributed by atoms with Crippen molar-refractivity contribution >= 4 is 29.9 Å². The zero-order valence-corrected chi connectivity index (χ0v) is 18.5. The molecule has 1 heterocycles. The van der Waals surface area contributed by atoms with Gasteiger partial charge < -0.3 is 20.1 Å². The summed E-state index contributed by atoms with van der Waals surface area (Å²) in [5, 5.41) is 6.73. The summed E-state index contributed by atoms with van der Waals surface area (Å²) in [7, 11) is 0. The van der Waals surface area contributed by atoms with Crippen LogP contribution in [-0.4, -0.2) is 25.7 Å². The minimum Gasteiger partial charge on any atom is -0.493 e. The van der Waals surface area contributed by atoms with Crippen molar-refractivity contribution in [2.45, 2.75) is 32.9 Å². The van der Waals surface area contributed by atoms with E-state index in [-0.39, 0.29) is 41.6 Å². The molecule has 7 heteroatoms. The molecule has 5 nitrogen and oxygen atoms in total. The average molecular weight is 499 g/mol. The average Bonchev–Trinajstić information content (AvgIpc) is 2.68. The predicted molar refractivity (Wildman–Crippen MR) is 120 cm³/mol. The van der Waals surface area contributed by atoms with Gasteiger partial charge in [0.1, 0.15) is 5.75 Å². The first kappa shape index (κ1) is 22.3. The Morgan fingerprint density at radius 3 is 2.82 bits per heavy atom. The van der Waals surface area contributed by atoms with Crippen LogP contribution in [0.4, 0.5) is 4.39 Å². The highest BCUT2D eigenvalue weighted by molar-refractivity contribution is 14.0.